The van der Waals surface area contributed by atoms with Crippen molar-refractivity contribution in [2.24, 2.45) is 10.9 Å². The molecule has 2 N–H and O–H groups in total. The summed E-state index contributed by atoms with van der Waals surface area (Å²) in [6.07, 6.45) is 4.42. The Morgan fingerprint density at radius 1 is 1.12 bits per heavy atom. The van der Waals surface area contributed by atoms with Crippen molar-refractivity contribution >= 4 is 35.6 Å². The molecule has 0 bridgehead atoms. The van der Waals surface area contributed by atoms with E-state index in [1.807, 2.05) is 38.1 Å². The van der Waals surface area contributed by atoms with Crippen LogP contribution in [0.4, 0.5) is 5.69 Å². The van der Waals surface area contributed by atoms with Crippen molar-refractivity contribution in [3.05, 3.63) is 35.9 Å². The first kappa shape index (κ1) is 27.4. The van der Waals surface area contributed by atoms with E-state index in [1.54, 1.807) is 0 Å². The Morgan fingerprint density at radius 3 is 2.64 bits per heavy atom. The summed E-state index contributed by atoms with van der Waals surface area (Å²) < 4.78 is 13.6. The van der Waals surface area contributed by atoms with Crippen LogP contribution >= 0.6 is 24.0 Å². The number of ether oxygens (including phenoxy) is 2. The fourth-order valence-electron chi connectivity index (χ4n) is 3.50. The Morgan fingerprint density at radius 2 is 1.91 bits per heavy atom. The molecular weight excluding hydrogens is 531 g/mol. The van der Waals surface area contributed by atoms with Crippen LogP contribution in [0.15, 0.2) is 29.3 Å². The highest BCUT2D eigenvalue weighted by atomic mass is 127. The average molecular weight is 571 g/mol. The first-order valence-corrected chi connectivity index (χ1v) is 11.8. The first-order chi connectivity index (χ1) is 15.5. The molecule has 0 saturated carbocycles. The highest BCUT2D eigenvalue weighted by Gasteiger charge is 2.15. The van der Waals surface area contributed by atoms with Gasteiger partial charge in [-0.2, -0.15) is 0 Å². The molecule has 0 saturated heterocycles. The average Bonchev–Trinajstić information content (AvgIpc) is 3.18. The van der Waals surface area contributed by atoms with E-state index in [0.29, 0.717) is 12.5 Å². The minimum Gasteiger partial charge on any atom is -0.491 e. The number of hydrogen-bond acceptors (Lipinski definition) is 5. The molecule has 3 rings (SSSR count). The quantitative estimate of drug-likeness (QED) is 0.177. The maximum atomic E-state index is 5.74. The molecule has 9 heteroatoms. The first-order valence-electron chi connectivity index (χ1n) is 11.8. The van der Waals surface area contributed by atoms with Crippen LogP contribution in [0.2, 0.25) is 0 Å². The Labute approximate surface area is 215 Å². The SMILES string of the molecule is CC(C)COCCCNC(=NCc1nnc2n1CCCC2)Nc1ccc(OC(C)C)cc1.I. The summed E-state index contributed by atoms with van der Waals surface area (Å²) in [5.74, 6) is 4.13. The molecule has 0 fully saturated rings. The maximum absolute atomic E-state index is 5.74. The summed E-state index contributed by atoms with van der Waals surface area (Å²) >= 11 is 0. The van der Waals surface area contributed by atoms with Crippen LogP contribution in [0.3, 0.4) is 0 Å². The topological polar surface area (TPSA) is 85.6 Å². The van der Waals surface area contributed by atoms with Crippen molar-refractivity contribution in [2.45, 2.75) is 72.6 Å². The Hall–Kier alpha value is -1.88. The van der Waals surface area contributed by atoms with Gasteiger partial charge in [0, 0.05) is 38.4 Å². The van der Waals surface area contributed by atoms with E-state index in [4.69, 9.17) is 14.5 Å². The van der Waals surface area contributed by atoms with Crippen LogP contribution < -0.4 is 15.4 Å². The molecule has 0 atom stereocenters. The number of fused-ring (bicyclic) bond motifs is 1. The Bertz CT molecular complexity index is 851. The number of aliphatic imine (C=N–C) groups is 1. The van der Waals surface area contributed by atoms with Crippen LogP contribution in [0.1, 0.15) is 58.6 Å². The van der Waals surface area contributed by atoms with Crippen LogP contribution in [-0.2, 0) is 24.2 Å². The number of guanidine groups is 1. The van der Waals surface area contributed by atoms with E-state index < -0.39 is 0 Å². The smallest absolute Gasteiger partial charge is 0.196 e. The molecule has 1 aromatic heterocycles. The second-order valence-corrected chi connectivity index (χ2v) is 8.87. The van der Waals surface area contributed by atoms with Gasteiger partial charge in [0.15, 0.2) is 11.8 Å². The second kappa shape index (κ2) is 14.4. The predicted molar refractivity (Wildman–Crippen MR) is 144 cm³/mol. The highest BCUT2D eigenvalue weighted by molar-refractivity contribution is 14.0. The summed E-state index contributed by atoms with van der Waals surface area (Å²) in [4.78, 5) is 4.79. The van der Waals surface area contributed by atoms with Gasteiger partial charge in [-0.25, -0.2) is 4.99 Å². The summed E-state index contributed by atoms with van der Waals surface area (Å²) in [5, 5.41) is 15.5. The molecular formula is C24H39IN6O2. The number of aromatic nitrogens is 3. The van der Waals surface area contributed by atoms with Gasteiger partial charge in [0.05, 0.1) is 6.10 Å². The van der Waals surface area contributed by atoms with Crippen molar-refractivity contribution in [3.8, 4) is 5.75 Å². The highest BCUT2D eigenvalue weighted by Crippen LogP contribution is 2.17. The van der Waals surface area contributed by atoms with Crippen LogP contribution in [0.25, 0.3) is 0 Å². The van der Waals surface area contributed by atoms with Crippen LogP contribution in [0.5, 0.6) is 5.75 Å². The second-order valence-electron chi connectivity index (χ2n) is 8.87. The van der Waals surface area contributed by atoms with Crippen molar-refractivity contribution in [1.29, 1.82) is 0 Å². The molecule has 8 nitrogen and oxygen atoms in total. The number of nitrogens with one attached hydrogen (secondary N) is 2. The molecule has 0 aliphatic carbocycles. The van der Waals surface area contributed by atoms with Gasteiger partial charge in [-0.1, -0.05) is 13.8 Å². The lowest BCUT2D eigenvalue weighted by Crippen LogP contribution is -2.32. The minimum absolute atomic E-state index is 0. The summed E-state index contributed by atoms with van der Waals surface area (Å²) in [5.41, 5.74) is 0.951. The summed E-state index contributed by atoms with van der Waals surface area (Å²) in [7, 11) is 0. The van der Waals surface area contributed by atoms with E-state index in [2.05, 4.69) is 39.2 Å². The predicted octanol–water partition coefficient (Wildman–Crippen LogP) is 4.64. The number of rotatable bonds is 11. The fourth-order valence-corrected chi connectivity index (χ4v) is 3.50. The third-order valence-corrected chi connectivity index (χ3v) is 5.01. The monoisotopic (exact) mass is 570 g/mol. The number of hydrogen-bond donors (Lipinski definition) is 2. The number of aryl methyl sites for hydroxylation is 1. The molecule has 0 radical (unpaired) electrons. The van der Waals surface area contributed by atoms with Crippen LogP contribution in [-0.4, -0.2) is 46.6 Å². The summed E-state index contributed by atoms with van der Waals surface area (Å²) in [6.45, 7) is 12.1. The van der Waals surface area contributed by atoms with Gasteiger partial charge in [-0.05, 0) is 63.3 Å². The standard InChI is InChI=1S/C24H38N6O2.HI/c1-18(2)17-31-15-7-13-25-24(27-20-9-11-21(12-10-20)32-19(3)4)26-16-23-29-28-22-8-5-6-14-30(22)23;/h9-12,18-19H,5-8,13-17H2,1-4H3,(H2,25,26,27);1H. The van der Waals surface area contributed by atoms with Crippen molar-refractivity contribution in [2.75, 3.05) is 25.1 Å². The van der Waals surface area contributed by atoms with E-state index in [1.165, 1.54) is 12.8 Å². The van der Waals surface area contributed by atoms with E-state index >= 15 is 0 Å². The van der Waals surface area contributed by atoms with Gasteiger partial charge in [-0.15, -0.1) is 34.2 Å². The number of halogens is 1. The minimum atomic E-state index is 0. The molecule has 2 aromatic rings. The number of anilines is 1. The molecule has 33 heavy (non-hydrogen) atoms. The molecule has 1 aliphatic heterocycles. The maximum Gasteiger partial charge on any atom is 0.196 e. The van der Waals surface area contributed by atoms with Crippen LogP contribution in [0, 0.1) is 5.92 Å². The van der Waals surface area contributed by atoms with Crippen molar-refractivity contribution < 1.29 is 9.47 Å². The molecule has 184 valence electrons. The van der Waals surface area contributed by atoms with Gasteiger partial charge >= 0.3 is 0 Å². The number of nitrogens with zero attached hydrogens (tertiary/aromatic N) is 4. The third-order valence-electron chi connectivity index (χ3n) is 5.01. The lowest BCUT2D eigenvalue weighted by molar-refractivity contribution is 0.108. The Balaban J connectivity index is 0.00000385. The largest absolute Gasteiger partial charge is 0.491 e. The zero-order valence-corrected chi connectivity index (χ0v) is 22.7. The normalized spacial score (nSPS) is 13.6. The van der Waals surface area contributed by atoms with Crippen molar-refractivity contribution in [3.63, 3.8) is 0 Å². The molecule has 1 aromatic carbocycles. The van der Waals surface area contributed by atoms with Gasteiger partial charge in [-0.3, -0.25) is 0 Å². The van der Waals surface area contributed by atoms with E-state index in [0.717, 1.165) is 68.2 Å². The van der Waals surface area contributed by atoms with E-state index in [-0.39, 0.29) is 30.1 Å². The van der Waals surface area contributed by atoms with Crippen molar-refractivity contribution in [1.82, 2.24) is 20.1 Å². The van der Waals surface area contributed by atoms with Gasteiger partial charge < -0.3 is 24.7 Å². The zero-order valence-electron chi connectivity index (χ0n) is 20.3. The molecule has 0 amide bonds. The van der Waals surface area contributed by atoms with Gasteiger partial charge in [0.25, 0.3) is 0 Å². The molecule has 1 aliphatic rings. The van der Waals surface area contributed by atoms with Gasteiger partial charge in [0.1, 0.15) is 18.1 Å². The molecule has 0 spiro atoms. The lowest BCUT2D eigenvalue weighted by Gasteiger charge is -2.16. The zero-order chi connectivity index (χ0) is 22.8. The lowest BCUT2D eigenvalue weighted by atomic mass is 10.2. The van der Waals surface area contributed by atoms with E-state index in [9.17, 15) is 0 Å². The Kier molecular flexibility index (Phi) is 11.9. The summed E-state index contributed by atoms with van der Waals surface area (Å²) in [6, 6.07) is 7.93. The fraction of sp³-hybridized carbons (Fsp3) is 0.625. The number of benzene rings is 1. The molecule has 0 unspecified atom stereocenters. The molecule has 2 heterocycles. The van der Waals surface area contributed by atoms with Gasteiger partial charge in [0.2, 0.25) is 0 Å². The third kappa shape index (κ3) is 9.48.